The molecule has 5 nitrogen and oxygen atoms in total. The van der Waals surface area contributed by atoms with E-state index in [1.165, 1.54) is 19.2 Å². The summed E-state index contributed by atoms with van der Waals surface area (Å²) in [7, 11) is 2.54. The minimum Gasteiger partial charge on any atom is -0.352 e. The van der Waals surface area contributed by atoms with Crippen LogP contribution in [0.2, 0.25) is 0 Å². The van der Waals surface area contributed by atoms with E-state index in [9.17, 15) is 22.4 Å². The fraction of sp³-hybridized carbons (Fsp3) is 0.429. The number of halogens is 4. The summed E-state index contributed by atoms with van der Waals surface area (Å²) >= 11 is 0. The number of aliphatic imine (C=N–C) groups is 1. The monoisotopic (exact) mass is 334 g/mol. The average Bonchev–Trinajstić information content (AvgIpc) is 2.47. The minimum absolute atomic E-state index is 0.253. The second kappa shape index (κ2) is 8.35. The number of alkyl halides is 3. The van der Waals surface area contributed by atoms with Crippen LogP contribution in [0.5, 0.6) is 0 Å². The van der Waals surface area contributed by atoms with Crippen molar-refractivity contribution < 1.29 is 22.4 Å². The highest BCUT2D eigenvalue weighted by molar-refractivity contribution is 5.86. The molecule has 0 aliphatic rings. The number of likely N-dealkylation sites (N-methyl/N-ethyl adjacent to an activating group) is 1. The molecule has 1 aromatic rings. The van der Waals surface area contributed by atoms with E-state index in [4.69, 9.17) is 0 Å². The van der Waals surface area contributed by atoms with Gasteiger partial charge in [-0.15, -0.1) is 0 Å². The molecule has 1 amide bonds. The number of guanidine groups is 1. The molecule has 0 radical (unpaired) electrons. The van der Waals surface area contributed by atoms with Crippen molar-refractivity contribution in [1.82, 2.24) is 15.5 Å². The van der Waals surface area contributed by atoms with Crippen LogP contribution < -0.4 is 10.6 Å². The Kier molecular flexibility index (Phi) is 6.80. The summed E-state index contributed by atoms with van der Waals surface area (Å²) in [4.78, 5) is 16.0. The van der Waals surface area contributed by atoms with E-state index in [0.717, 1.165) is 12.6 Å². The Bertz CT molecular complexity index is 543. The zero-order valence-corrected chi connectivity index (χ0v) is 12.7. The second-order valence-corrected chi connectivity index (χ2v) is 4.77. The highest BCUT2D eigenvalue weighted by Gasteiger charge is 2.31. The molecule has 0 saturated heterocycles. The molecule has 0 fully saturated rings. The number of amides is 1. The number of benzene rings is 1. The molecular formula is C14H18F4N4O. The van der Waals surface area contributed by atoms with Gasteiger partial charge in [0.2, 0.25) is 5.91 Å². The molecule has 0 saturated carbocycles. The van der Waals surface area contributed by atoms with Crippen molar-refractivity contribution in [1.29, 1.82) is 0 Å². The smallest absolute Gasteiger partial charge is 0.352 e. The van der Waals surface area contributed by atoms with Gasteiger partial charge >= 0.3 is 6.18 Å². The first-order valence-corrected chi connectivity index (χ1v) is 6.71. The van der Waals surface area contributed by atoms with Gasteiger partial charge < -0.3 is 15.5 Å². The molecule has 0 aromatic heterocycles. The van der Waals surface area contributed by atoms with Crippen LogP contribution in [0, 0.1) is 5.82 Å². The molecule has 1 rings (SSSR count). The average molecular weight is 334 g/mol. The van der Waals surface area contributed by atoms with E-state index in [0.29, 0.717) is 11.4 Å². The number of carbonyl (C=O) groups is 1. The lowest BCUT2D eigenvalue weighted by Crippen LogP contribution is -2.45. The Morgan fingerprint density at radius 2 is 1.83 bits per heavy atom. The molecule has 0 aliphatic carbocycles. The fourth-order valence-corrected chi connectivity index (χ4v) is 1.66. The van der Waals surface area contributed by atoms with Gasteiger partial charge in [0.05, 0.1) is 6.54 Å². The maximum Gasteiger partial charge on any atom is 0.406 e. The number of carbonyl (C=O) groups excluding carboxylic acids is 1. The lowest BCUT2D eigenvalue weighted by molar-refractivity contribution is -0.157. The maximum absolute atomic E-state index is 12.8. The number of nitrogens with one attached hydrogen (secondary N) is 2. The molecule has 0 heterocycles. The minimum atomic E-state index is -4.44. The van der Waals surface area contributed by atoms with Crippen LogP contribution in [0.1, 0.15) is 5.56 Å². The van der Waals surface area contributed by atoms with Crippen LogP contribution in [0.25, 0.3) is 0 Å². The first-order chi connectivity index (χ1) is 10.7. The van der Waals surface area contributed by atoms with Crippen molar-refractivity contribution in [3.63, 3.8) is 0 Å². The van der Waals surface area contributed by atoms with Gasteiger partial charge in [-0.2, -0.15) is 13.2 Å². The van der Waals surface area contributed by atoms with Crippen LogP contribution >= 0.6 is 0 Å². The Morgan fingerprint density at radius 3 is 2.35 bits per heavy atom. The molecule has 23 heavy (non-hydrogen) atoms. The largest absolute Gasteiger partial charge is 0.406 e. The van der Waals surface area contributed by atoms with E-state index < -0.39 is 18.6 Å². The lowest BCUT2D eigenvalue weighted by Gasteiger charge is -2.20. The molecule has 9 heteroatoms. The van der Waals surface area contributed by atoms with Crippen LogP contribution in [-0.4, -0.2) is 50.1 Å². The fourth-order valence-electron chi connectivity index (χ4n) is 1.66. The van der Waals surface area contributed by atoms with Crippen molar-refractivity contribution in [3.05, 3.63) is 35.6 Å². The SMILES string of the molecule is CN=C(NCC(=O)N(C)CC(F)(F)F)NCc1ccc(F)cc1. The van der Waals surface area contributed by atoms with Gasteiger partial charge in [0.25, 0.3) is 0 Å². The van der Waals surface area contributed by atoms with Gasteiger partial charge in [0.15, 0.2) is 5.96 Å². The third-order valence-corrected chi connectivity index (χ3v) is 2.85. The van der Waals surface area contributed by atoms with Crippen LogP contribution in [0.15, 0.2) is 29.3 Å². The van der Waals surface area contributed by atoms with E-state index in [1.54, 1.807) is 12.1 Å². The van der Waals surface area contributed by atoms with E-state index in [2.05, 4.69) is 15.6 Å². The van der Waals surface area contributed by atoms with E-state index in [1.807, 2.05) is 0 Å². The Labute approximate surface area is 131 Å². The zero-order valence-electron chi connectivity index (χ0n) is 12.7. The second-order valence-electron chi connectivity index (χ2n) is 4.77. The number of rotatable bonds is 5. The van der Waals surface area contributed by atoms with Crippen molar-refractivity contribution in [2.75, 3.05) is 27.2 Å². The molecule has 0 unspecified atom stereocenters. The van der Waals surface area contributed by atoms with Crippen LogP contribution in [0.4, 0.5) is 17.6 Å². The van der Waals surface area contributed by atoms with Gasteiger partial charge in [-0.05, 0) is 17.7 Å². The summed E-state index contributed by atoms with van der Waals surface area (Å²) in [6.07, 6.45) is -4.44. The summed E-state index contributed by atoms with van der Waals surface area (Å²) in [5.41, 5.74) is 0.787. The number of hydrogen-bond donors (Lipinski definition) is 2. The number of nitrogens with zero attached hydrogens (tertiary/aromatic N) is 2. The topological polar surface area (TPSA) is 56.7 Å². The van der Waals surface area contributed by atoms with E-state index >= 15 is 0 Å². The van der Waals surface area contributed by atoms with Gasteiger partial charge in [-0.1, -0.05) is 12.1 Å². The van der Waals surface area contributed by atoms with Crippen molar-refractivity contribution >= 4 is 11.9 Å². The Hall–Kier alpha value is -2.32. The third-order valence-electron chi connectivity index (χ3n) is 2.85. The Morgan fingerprint density at radius 1 is 1.22 bits per heavy atom. The van der Waals surface area contributed by atoms with Crippen molar-refractivity contribution in [2.45, 2.75) is 12.7 Å². The molecule has 0 aliphatic heterocycles. The van der Waals surface area contributed by atoms with Crippen molar-refractivity contribution in [2.24, 2.45) is 4.99 Å². The highest BCUT2D eigenvalue weighted by atomic mass is 19.4. The zero-order chi connectivity index (χ0) is 17.5. The standard InChI is InChI=1S/C14H18F4N4O/c1-19-13(20-7-10-3-5-11(15)6-4-10)21-8-12(23)22(2)9-14(16,17)18/h3-6H,7-9H2,1-2H3,(H2,19,20,21). The Balaban J connectivity index is 2.42. The summed E-state index contributed by atoms with van der Waals surface area (Å²) in [6, 6.07) is 5.78. The molecular weight excluding hydrogens is 316 g/mol. The molecule has 0 bridgehead atoms. The molecule has 0 atom stereocenters. The van der Waals surface area contributed by atoms with Gasteiger partial charge in [0, 0.05) is 20.6 Å². The normalized spacial score (nSPS) is 12.0. The summed E-state index contributed by atoms with van der Waals surface area (Å²) in [5.74, 6) is -0.815. The van der Waals surface area contributed by atoms with Gasteiger partial charge in [0.1, 0.15) is 12.4 Å². The predicted molar refractivity (Wildman–Crippen MR) is 78.3 cm³/mol. The molecule has 2 N–H and O–H groups in total. The highest BCUT2D eigenvalue weighted by Crippen LogP contribution is 2.15. The van der Waals surface area contributed by atoms with Crippen LogP contribution in [-0.2, 0) is 11.3 Å². The quantitative estimate of drug-likeness (QED) is 0.488. The molecule has 0 spiro atoms. The molecule has 128 valence electrons. The van der Waals surface area contributed by atoms with Crippen molar-refractivity contribution in [3.8, 4) is 0 Å². The third kappa shape index (κ3) is 7.48. The summed E-state index contributed by atoms with van der Waals surface area (Å²) < 4.78 is 49.3. The van der Waals surface area contributed by atoms with Gasteiger partial charge in [-0.25, -0.2) is 4.39 Å². The number of hydrogen-bond acceptors (Lipinski definition) is 2. The first kappa shape index (κ1) is 18.7. The first-order valence-electron chi connectivity index (χ1n) is 6.71. The van der Waals surface area contributed by atoms with E-state index in [-0.39, 0.29) is 18.3 Å². The van der Waals surface area contributed by atoms with Gasteiger partial charge in [-0.3, -0.25) is 9.79 Å². The molecule has 1 aromatic carbocycles. The lowest BCUT2D eigenvalue weighted by atomic mass is 10.2. The predicted octanol–water partition coefficient (Wildman–Crippen LogP) is 1.51. The van der Waals surface area contributed by atoms with Crippen LogP contribution in [0.3, 0.4) is 0 Å². The summed E-state index contributed by atoms with van der Waals surface area (Å²) in [5, 5.41) is 5.49. The summed E-state index contributed by atoms with van der Waals surface area (Å²) in [6.45, 7) is -1.31. The maximum atomic E-state index is 12.8.